The van der Waals surface area contributed by atoms with Gasteiger partial charge in [0.25, 0.3) is 0 Å². The zero-order valence-corrected chi connectivity index (χ0v) is 12.2. The van der Waals surface area contributed by atoms with E-state index in [2.05, 4.69) is 16.3 Å². The van der Waals surface area contributed by atoms with Crippen LogP contribution < -0.4 is 10.2 Å². The normalized spacial score (nSPS) is 19.7. The third-order valence-corrected chi connectivity index (χ3v) is 4.68. The van der Waals surface area contributed by atoms with Crippen LogP contribution in [-0.4, -0.2) is 25.0 Å². The number of nitrogens with zero attached hydrogens (tertiary/aromatic N) is 2. The summed E-state index contributed by atoms with van der Waals surface area (Å²) in [6.07, 6.45) is 5.38. The lowest BCUT2D eigenvalue weighted by Gasteiger charge is -2.35. The van der Waals surface area contributed by atoms with Crippen molar-refractivity contribution in [1.29, 1.82) is 5.26 Å². The number of nitriles is 1. The maximum Gasteiger partial charge on any atom is 0.223 e. The van der Waals surface area contributed by atoms with E-state index in [1.807, 2.05) is 24.3 Å². The average Bonchev–Trinajstić information content (AvgIpc) is 2.51. The van der Waals surface area contributed by atoms with E-state index in [4.69, 9.17) is 5.26 Å². The first kappa shape index (κ1) is 13.9. The number of amides is 1. The van der Waals surface area contributed by atoms with Gasteiger partial charge < -0.3 is 10.2 Å². The number of piperidine rings is 1. The number of rotatable bonds is 3. The van der Waals surface area contributed by atoms with Crippen LogP contribution in [0.3, 0.4) is 0 Å². The maximum absolute atomic E-state index is 12.2. The summed E-state index contributed by atoms with van der Waals surface area (Å²) >= 11 is 0. The van der Waals surface area contributed by atoms with Gasteiger partial charge in [-0.05, 0) is 56.4 Å². The summed E-state index contributed by atoms with van der Waals surface area (Å²) < 4.78 is 0. The fraction of sp³-hybridized carbons (Fsp3) is 0.529. The van der Waals surface area contributed by atoms with Gasteiger partial charge in [0, 0.05) is 30.7 Å². The molecule has 0 radical (unpaired) electrons. The zero-order valence-electron chi connectivity index (χ0n) is 12.2. The Morgan fingerprint density at radius 3 is 2.33 bits per heavy atom. The first-order chi connectivity index (χ1) is 10.3. The van der Waals surface area contributed by atoms with Gasteiger partial charge in [-0.15, -0.1) is 0 Å². The van der Waals surface area contributed by atoms with Crippen LogP contribution in [-0.2, 0) is 4.79 Å². The Bertz CT molecular complexity index is 534. The standard InChI is InChI=1S/C17H21N3O/c18-12-13-4-6-16(7-5-13)20-10-8-14(9-11-20)17(21)19-15-2-1-3-15/h4-7,14-15H,1-3,8-11H2,(H,19,21). The monoisotopic (exact) mass is 283 g/mol. The van der Waals surface area contributed by atoms with Crippen LogP contribution in [0.2, 0.25) is 0 Å². The molecule has 0 aromatic heterocycles. The van der Waals surface area contributed by atoms with Crippen molar-refractivity contribution < 1.29 is 4.79 Å². The van der Waals surface area contributed by atoms with Crippen LogP contribution in [0.4, 0.5) is 5.69 Å². The molecule has 0 unspecified atom stereocenters. The highest BCUT2D eigenvalue weighted by atomic mass is 16.1. The van der Waals surface area contributed by atoms with Crippen molar-refractivity contribution in [3.63, 3.8) is 0 Å². The van der Waals surface area contributed by atoms with Crippen LogP contribution in [0.5, 0.6) is 0 Å². The smallest absolute Gasteiger partial charge is 0.223 e. The molecule has 4 nitrogen and oxygen atoms in total. The molecule has 1 heterocycles. The largest absolute Gasteiger partial charge is 0.371 e. The van der Waals surface area contributed by atoms with Crippen LogP contribution >= 0.6 is 0 Å². The molecular weight excluding hydrogens is 262 g/mol. The molecule has 110 valence electrons. The highest BCUT2D eigenvalue weighted by Gasteiger charge is 2.28. The van der Waals surface area contributed by atoms with E-state index in [-0.39, 0.29) is 11.8 Å². The van der Waals surface area contributed by atoms with Gasteiger partial charge >= 0.3 is 0 Å². The second kappa shape index (κ2) is 6.17. The summed E-state index contributed by atoms with van der Waals surface area (Å²) in [5, 5.41) is 12.0. The first-order valence-corrected chi connectivity index (χ1v) is 7.82. The molecule has 1 saturated heterocycles. The van der Waals surface area contributed by atoms with E-state index >= 15 is 0 Å². The van der Waals surface area contributed by atoms with Crippen LogP contribution in [0.1, 0.15) is 37.7 Å². The Kier molecular flexibility index (Phi) is 4.10. The molecule has 0 spiro atoms. The van der Waals surface area contributed by atoms with E-state index in [1.54, 1.807) is 0 Å². The third kappa shape index (κ3) is 3.18. The van der Waals surface area contributed by atoms with E-state index in [9.17, 15) is 4.79 Å². The second-order valence-corrected chi connectivity index (χ2v) is 6.06. The highest BCUT2D eigenvalue weighted by molar-refractivity contribution is 5.79. The number of hydrogen-bond acceptors (Lipinski definition) is 3. The van der Waals surface area contributed by atoms with Gasteiger partial charge in [-0.1, -0.05) is 0 Å². The molecule has 1 saturated carbocycles. The third-order valence-electron chi connectivity index (χ3n) is 4.68. The number of anilines is 1. The van der Waals surface area contributed by atoms with E-state index in [0.29, 0.717) is 11.6 Å². The molecule has 0 atom stereocenters. The molecule has 1 aliphatic heterocycles. The summed E-state index contributed by atoms with van der Waals surface area (Å²) in [6, 6.07) is 10.3. The quantitative estimate of drug-likeness (QED) is 0.927. The van der Waals surface area contributed by atoms with E-state index < -0.39 is 0 Å². The van der Waals surface area contributed by atoms with E-state index in [0.717, 1.165) is 44.5 Å². The summed E-state index contributed by atoms with van der Waals surface area (Å²) in [4.78, 5) is 14.5. The number of benzene rings is 1. The predicted octanol–water partition coefficient (Wildman–Crippen LogP) is 2.44. The van der Waals surface area contributed by atoms with Crippen molar-refractivity contribution in [2.75, 3.05) is 18.0 Å². The first-order valence-electron chi connectivity index (χ1n) is 7.82. The Balaban J connectivity index is 1.52. The minimum atomic E-state index is 0.167. The molecule has 1 aromatic carbocycles. The molecule has 0 bridgehead atoms. The van der Waals surface area contributed by atoms with Crippen molar-refractivity contribution in [3.05, 3.63) is 29.8 Å². The van der Waals surface area contributed by atoms with Gasteiger partial charge in [0.1, 0.15) is 0 Å². The molecular formula is C17H21N3O. The Hall–Kier alpha value is -2.02. The molecule has 1 N–H and O–H groups in total. The lowest BCUT2D eigenvalue weighted by atomic mass is 9.90. The Morgan fingerprint density at radius 1 is 1.14 bits per heavy atom. The van der Waals surface area contributed by atoms with Crippen molar-refractivity contribution >= 4 is 11.6 Å². The maximum atomic E-state index is 12.2. The fourth-order valence-corrected chi connectivity index (χ4v) is 3.02. The van der Waals surface area contributed by atoms with Crippen molar-refractivity contribution in [1.82, 2.24) is 5.32 Å². The van der Waals surface area contributed by atoms with Crippen LogP contribution in [0.15, 0.2) is 24.3 Å². The fourth-order valence-electron chi connectivity index (χ4n) is 3.02. The SMILES string of the molecule is N#Cc1ccc(N2CCC(C(=O)NC3CCC3)CC2)cc1. The molecule has 3 rings (SSSR count). The van der Waals surface area contributed by atoms with Gasteiger partial charge in [-0.3, -0.25) is 4.79 Å². The Labute approximate surface area is 125 Å². The van der Waals surface area contributed by atoms with Crippen molar-refractivity contribution in [2.45, 2.75) is 38.1 Å². The van der Waals surface area contributed by atoms with Crippen molar-refractivity contribution in [3.8, 4) is 6.07 Å². The lowest BCUT2D eigenvalue weighted by Crippen LogP contribution is -2.46. The van der Waals surface area contributed by atoms with Gasteiger partial charge in [0.2, 0.25) is 5.91 Å². The Morgan fingerprint density at radius 2 is 1.81 bits per heavy atom. The molecule has 1 aliphatic carbocycles. The average molecular weight is 283 g/mol. The van der Waals surface area contributed by atoms with E-state index in [1.165, 1.54) is 6.42 Å². The molecule has 2 fully saturated rings. The number of hydrogen-bond donors (Lipinski definition) is 1. The molecule has 2 aliphatic rings. The minimum Gasteiger partial charge on any atom is -0.371 e. The highest BCUT2D eigenvalue weighted by Crippen LogP contribution is 2.25. The zero-order chi connectivity index (χ0) is 14.7. The minimum absolute atomic E-state index is 0.167. The van der Waals surface area contributed by atoms with Crippen molar-refractivity contribution in [2.24, 2.45) is 5.92 Å². The molecule has 21 heavy (non-hydrogen) atoms. The molecule has 1 aromatic rings. The summed E-state index contributed by atoms with van der Waals surface area (Å²) in [7, 11) is 0. The predicted molar refractivity (Wildman–Crippen MR) is 81.9 cm³/mol. The van der Waals surface area contributed by atoms with Gasteiger partial charge in [0.15, 0.2) is 0 Å². The van der Waals surface area contributed by atoms with Gasteiger partial charge in [-0.2, -0.15) is 5.26 Å². The van der Waals surface area contributed by atoms with Gasteiger partial charge in [-0.25, -0.2) is 0 Å². The molecule has 4 heteroatoms. The van der Waals surface area contributed by atoms with Gasteiger partial charge in [0.05, 0.1) is 11.6 Å². The lowest BCUT2D eigenvalue weighted by molar-refractivity contribution is -0.126. The summed E-state index contributed by atoms with van der Waals surface area (Å²) in [6.45, 7) is 1.82. The van der Waals surface area contributed by atoms with Crippen LogP contribution in [0, 0.1) is 17.2 Å². The summed E-state index contributed by atoms with van der Waals surface area (Å²) in [5.74, 6) is 0.416. The summed E-state index contributed by atoms with van der Waals surface area (Å²) in [5.41, 5.74) is 1.83. The second-order valence-electron chi connectivity index (χ2n) is 6.06. The topological polar surface area (TPSA) is 56.1 Å². The van der Waals surface area contributed by atoms with Crippen LogP contribution in [0.25, 0.3) is 0 Å². The molecule has 1 amide bonds. The number of carbonyl (C=O) groups is 1. The number of carbonyl (C=O) groups excluding carboxylic acids is 1. The number of nitrogens with one attached hydrogen (secondary N) is 1.